The smallest absolute Gasteiger partial charge is 0.147 e. The van der Waals surface area contributed by atoms with Gasteiger partial charge in [0.2, 0.25) is 0 Å². The van der Waals surface area contributed by atoms with E-state index < -0.39 is 5.54 Å². The highest BCUT2D eigenvalue weighted by Crippen LogP contribution is 2.10. The number of rotatable bonds is 5. The first kappa shape index (κ1) is 12.7. The molecule has 0 aromatic carbocycles. The Bertz CT molecular complexity index is 390. The lowest BCUT2D eigenvalue weighted by Gasteiger charge is -2.22. The molecule has 0 amide bonds. The van der Waals surface area contributed by atoms with Gasteiger partial charge >= 0.3 is 0 Å². The van der Waals surface area contributed by atoms with E-state index in [4.69, 9.17) is 5.26 Å². The van der Waals surface area contributed by atoms with Crippen LogP contribution in [0, 0.1) is 25.2 Å². The first-order valence-corrected chi connectivity index (χ1v) is 5.55. The lowest BCUT2D eigenvalue weighted by molar-refractivity contribution is 0.387. The number of nitriles is 1. The van der Waals surface area contributed by atoms with Crippen molar-refractivity contribution >= 4 is 0 Å². The predicted molar refractivity (Wildman–Crippen MR) is 61.8 cm³/mol. The van der Waals surface area contributed by atoms with Crippen LogP contribution in [0.5, 0.6) is 0 Å². The van der Waals surface area contributed by atoms with Gasteiger partial charge in [-0.1, -0.05) is 6.92 Å². The van der Waals surface area contributed by atoms with Crippen LogP contribution >= 0.6 is 0 Å². The van der Waals surface area contributed by atoms with Crippen LogP contribution in [0.4, 0.5) is 0 Å². The van der Waals surface area contributed by atoms with Crippen LogP contribution < -0.4 is 5.32 Å². The first-order valence-electron chi connectivity index (χ1n) is 5.55. The molecule has 88 valence electrons. The van der Waals surface area contributed by atoms with Crippen LogP contribution in [0.3, 0.4) is 0 Å². The maximum absolute atomic E-state index is 9.11. The van der Waals surface area contributed by atoms with Crippen LogP contribution in [0.1, 0.15) is 31.9 Å². The summed E-state index contributed by atoms with van der Waals surface area (Å²) in [5, 5.41) is 16.6. The van der Waals surface area contributed by atoms with Crippen LogP contribution in [0.15, 0.2) is 0 Å². The van der Waals surface area contributed by atoms with Crippen molar-refractivity contribution < 1.29 is 0 Å². The fourth-order valence-electron chi connectivity index (χ4n) is 1.68. The minimum Gasteiger partial charge on any atom is -0.300 e. The molecule has 0 aliphatic heterocycles. The van der Waals surface area contributed by atoms with Gasteiger partial charge in [0.1, 0.15) is 17.2 Å². The molecule has 0 saturated carbocycles. The summed E-state index contributed by atoms with van der Waals surface area (Å²) in [6, 6.07) is 2.30. The van der Waals surface area contributed by atoms with Gasteiger partial charge in [-0.05, 0) is 33.7 Å². The molecular formula is C11H19N5. The van der Waals surface area contributed by atoms with Crippen molar-refractivity contribution in [2.75, 3.05) is 6.54 Å². The molecule has 1 rings (SSSR count). The summed E-state index contributed by atoms with van der Waals surface area (Å²) < 4.78 is 1.85. The third kappa shape index (κ3) is 3.04. The molecule has 0 spiro atoms. The lowest BCUT2D eigenvalue weighted by Crippen LogP contribution is -2.41. The zero-order chi connectivity index (χ0) is 12.2. The molecule has 5 nitrogen and oxygen atoms in total. The number of hydrogen-bond acceptors (Lipinski definition) is 4. The molecule has 1 atom stereocenters. The normalized spacial score (nSPS) is 14.4. The lowest BCUT2D eigenvalue weighted by atomic mass is 10.00. The second kappa shape index (κ2) is 5.08. The molecule has 1 aromatic rings. The van der Waals surface area contributed by atoms with Crippen LogP contribution in [0.25, 0.3) is 0 Å². The molecule has 1 aromatic heterocycles. The molecule has 1 heterocycles. The SMILES string of the molecule is CCNC(C)(C#N)CCn1nc(C)nc1C. The molecule has 0 bridgehead atoms. The second-order valence-corrected chi connectivity index (χ2v) is 4.15. The summed E-state index contributed by atoms with van der Waals surface area (Å²) in [5.41, 5.74) is -0.485. The molecule has 1 unspecified atom stereocenters. The third-order valence-corrected chi connectivity index (χ3v) is 2.60. The predicted octanol–water partition coefficient (Wildman–Crippen LogP) is 1.18. The van der Waals surface area contributed by atoms with Crippen molar-refractivity contribution in [3.05, 3.63) is 11.6 Å². The minimum atomic E-state index is -0.485. The maximum atomic E-state index is 9.11. The van der Waals surface area contributed by atoms with E-state index in [9.17, 15) is 0 Å². The largest absolute Gasteiger partial charge is 0.300 e. The second-order valence-electron chi connectivity index (χ2n) is 4.15. The van der Waals surface area contributed by atoms with Gasteiger partial charge in [0, 0.05) is 6.54 Å². The van der Waals surface area contributed by atoms with Crippen molar-refractivity contribution in [1.29, 1.82) is 5.26 Å². The van der Waals surface area contributed by atoms with Gasteiger partial charge in [-0.3, -0.25) is 10.00 Å². The maximum Gasteiger partial charge on any atom is 0.147 e. The van der Waals surface area contributed by atoms with Gasteiger partial charge < -0.3 is 0 Å². The molecule has 5 heteroatoms. The summed E-state index contributed by atoms with van der Waals surface area (Å²) in [6.45, 7) is 9.22. The van der Waals surface area contributed by atoms with E-state index >= 15 is 0 Å². The van der Waals surface area contributed by atoms with Gasteiger partial charge in [-0.2, -0.15) is 10.4 Å². The fraction of sp³-hybridized carbons (Fsp3) is 0.727. The highest BCUT2D eigenvalue weighted by molar-refractivity contribution is 5.03. The van der Waals surface area contributed by atoms with E-state index in [-0.39, 0.29) is 0 Å². The number of nitrogens with one attached hydrogen (secondary N) is 1. The van der Waals surface area contributed by atoms with Gasteiger partial charge in [0.25, 0.3) is 0 Å². The van der Waals surface area contributed by atoms with Crippen molar-refractivity contribution in [3.63, 3.8) is 0 Å². The Hall–Kier alpha value is -1.41. The zero-order valence-corrected chi connectivity index (χ0v) is 10.4. The molecule has 1 N–H and O–H groups in total. The molecular weight excluding hydrogens is 202 g/mol. The molecule has 0 aliphatic rings. The standard InChI is InChI=1S/C11H19N5/c1-5-13-11(4,8-12)6-7-16-10(3)14-9(2)15-16/h13H,5-7H2,1-4H3. The third-order valence-electron chi connectivity index (χ3n) is 2.60. The highest BCUT2D eigenvalue weighted by atomic mass is 15.3. The quantitative estimate of drug-likeness (QED) is 0.810. The zero-order valence-electron chi connectivity index (χ0n) is 10.4. The Morgan fingerprint density at radius 2 is 2.19 bits per heavy atom. The van der Waals surface area contributed by atoms with Gasteiger partial charge in [-0.25, -0.2) is 4.98 Å². The first-order chi connectivity index (χ1) is 7.50. The van der Waals surface area contributed by atoms with E-state index in [1.165, 1.54) is 0 Å². The number of nitrogens with zero attached hydrogens (tertiary/aromatic N) is 4. The van der Waals surface area contributed by atoms with E-state index in [1.54, 1.807) is 0 Å². The van der Waals surface area contributed by atoms with E-state index in [0.29, 0.717) is 6.54 Å². The van der Waals surface area contributed by atoms with E-state index in [1.807, 2.05) is 32.4 Å². The van der Waals surface area contributed by atoms with Crippen LogP contribution in [0.2, 0.25) is 0 Å². The topological polar surface area (TPSA) is 66.5 Å². The summed E-state index contributed by atoms with van der Waals surface area (Å²) in [4.78, 5) is 4.23. The van der Waals surface area contributed by atoms with Gasteiger partial charge in [-0.15, -0.1) is 0 Å². The molecule has 0 fully saturated rings. The number of hydrogen-bond donors (Lipinski definition) is 1. The van der Waals surface area contributed by atoms with Crippen molar-refractivity contribution in [1.82, 2.24) is 20.1 Å². The Labute approximate surface area is 96.5 Å². The van der Waals surface area contributed by atoms with Crippen molar-refractivity contribution in [2.24, 2.45) is 0 Å². The molecule has 16 heavy (non-hydrogen) atoms. The average Bonchev–Trinajstić information content (AvgIpc) is 2.55. The van der Waals surface area contributed by atoms with Crippen LogP contribution in [-0.4, -0.2) is 26.8 Å². The minimum absolute atomic E-state index is 0.485. The Balaban J connectivity index is 2.63. The Morgan fingerprint density at radius 1 is 1.50 bits per heavy atom. The fourth-order valence-corrected chi connectivity index (χ4v) is 1.68. The van der Waals surface area contributed by atoms with Crippen LogP contribution in [-0.2, 0) is 6.54 Å². The Kier molecular flexibility index (Phi) is 4.02. The summed E-state index contributed by atoms with van der Waals surface area (Å²) >= 11 is 0. The van der Waals surface area contributed by atoms with E-state index in [2.05, 4.69) is 21.5 Å². The van der Waals surface area contributed by atoms with E-state index in [0.717, 1.165) is 24.6 Å². The summed E-state index contributed by atoms with van der Waals surface area (Å²) in [5.74, 6) is 1.67. The monoisotopic (exact) mass is 221 g/mol. The highest BCUT2D eigenvalue weighted by Gasteiger charge is 2.22. The summed E-state index contributed by atoms with van der Waals surface area (Å²) in [6.07, 6.45) is 0.723. The summed E-state index contributed by atoms with van der Waals surface area (Å²) in [7, 11) is 0. The Morgan fingerprint density at radius 3 is 2.62 bits per heavy atom. The number of aryl methyl sites for hydroxylation is 3. The molecule has 0 aliphatic carbocycles. The van der Waals surface area contributed by atoms with Gasteiger partial charge in [0.15, 0.2) is 0 Å². The van der Waals surface area contributed by atoms with Crippen molar-refractivity contribution in [3.8, 4) is 6.07 Å². The van der Waals surface area contributed by atoms with Crippen molar-refractivity contribution in [2.45, 2.75) is 46.2 Å². The number of aromatic nitrogens is 3. The average molecular weight is 221 g/mol. The molecule has 0 saturated heterocycles. The molecule has 0 radical (unpaired) electrons. The van der Waals surface area contributed by atoms with Gasteiger partial charge in [0.05, 0.1) is 6.07 Å².